The number of aromatic nitrogens is 3. The van der Waals surface area contributed by atoms with E-state index in [0.29, 0.717) is 24.3 Å². The fraction of sp³-hybridized carbons (Fsp3) is 0.400. The van der Waals surface area contributed by atoms with E-state index in [1.807, 2.05) is 53.1 Å². The largest absolute Gasteiger partial charge is 0.497 e. The highest BCUT2D eigenvalue weighted by molar-refractivity contribution is 6.05. The van der Waals surface area contributed by atoms with Crippen molar-refractivity contribution < 1.29 is 19.1 Å². The van der Waals surface area contributed by atoms with Gasteiger partial charge >= 0.3 is 6.03 Å². The highest BCUT2D eigenvalue weighted by Crippen LogP contribution is 2.21. The average molecular weight is 479 g/mol. The molecule has 2 atom stereocenters. The Morgan fingerprint density at radius 1 is 1.14 bits per heavy atom. The van der Waals surface area contributed by atoms with Crippen molar-refractivity contribution in [2.24, 2.45) is 5.92 Å². The minimum absolute atomic E-state index is 0.144. The molecule has 4 amide bonds. The van der Waals surface area contributed by atoms with Crippen LogP contribution in [0.2, 0.25) is 0 Å². The number of benzene rings is 1. The first kappa shape index (κ1) is 24.2. The lowest BCUT2D eigenvalue weighted by Crippen LogP contribution is -2.38. The van der Waals surface area contributed by atoms with Gasteiger partial charge in [0, 0.05) is 12.7 Å². The van der Waals surface area contributed by atoms with E-state index >= 15 is 0 Å². The van der Waals surface area contributed by atoms with Crippen LogP contribution in [-0.2, 0) is 16.0 Å². The maximum atomic E-state index is 12.9. The highest BCUT2D eigenvalue weighted by atomic mass is 16.5. The minimum Gasteiger partial charge on any atom is -0.497 e. The lowest BCUT2D eigenvalue weighted by Gasteiger charge is -2.20. The topological polar surface area (TPSA) is 118 Å². The van der Waals surface area contributed by atoms with Gasteiger partial charge in [0.2, 0.25) is 5.91 Å². The van der Waals surface area contributed by atoms with Gasteiger partial charge in [0.1, 0.15) is 11.8 Å². The van der Waals surface area contributed by atoms with Crippen molar-refractivity contribution >= 4 is 23.5 Å². The Labute approximate surface area is 203 Å². The second kappa shape index (κ2) is 10.5. The molecule has 1 aliphatic rings. The van der Waals surface area contributed by atoms with Crippen LogP contribution in [0, 0.1) is 5.92 Å². The molecule has 0 aliphatic carbocycles. The van der Waals surface area contributed by atoms with Gasteiger partial charge in [-0.2, -0.15) is 0 Å². The van der Waals surface area contributed by atoms with E-state index in [2.05, 4.69) is 34.7 Å². The van der Waals surface area contributed by atoms with Gasteiger partial charge in [0.15, 0.2) is 11.5 Å². The van der Waals surface area contributed by atoms with Crippen LogP contribution >= 0.6 is 0 Å². The number of imide groups is 1. The average Bonchev–Trinajstić information content (AvgIpc) is 3.38. The first-order valence-corrected chi connectivity index (χ1v) is 11.7. The fourth-order valence-electron chi connectivity index (χ4n) is 4.20. The molecule has 10 nitrogen and oxygen atoms in total. The van der Waals surface area contributed by atoms with Crippen LogP contribution < -0.4 is 15.4 Å². The molecule has 1 saturated heterocycles. The SMILES string of the molecule is COc1ccc(CCN2C(=O)NC(CC(=O)N[C@@H](CC(C)C)c3nnc4ccccn34)C2=O)cc1. The number of nitrogens with zero attached hydrogens (tertiary/aromatic N) is 4. The lowest BCUT2D eigenvalue weighted by atomic mass is 10.0. The highest BCUT2D eigenvalue weighted by Gasteiger charge is 2.39. The summed E-state index contributed by atoms with van der Waals surface area (Å²) in [6, 6.07) is 11.3. The molecule has 0 radical (unpaired) electrons. The number of ether oxygens (including phenoxy) is 1. The predicted octanol–water partition coefficient (Wildman–Crippen LogP) is 2.49. The van der Waals surface area contributed by atoms with E-state index in [1.165, 1.54) is 4.90 Å². The number of methoxy groups -OCH3 is 1. The number of hydrogen-bond acceptors (Lipinski definition) is 6. The van der Waals surface area contributed by atoms with E-state index in [9.17, 15) is 14.4 Å². The lowest BCUT2D eigenvalue weighted by molar-refractivity contribution is -0.131. The zero-order valence-electron chi connectivity index (χ0n) is 20.1. The number of nitrogens with one attached hydrogen (secondary N) is 2. The Balaban J connectivity index is 1.38. The number of urea groups is 1. The van der Waals surface area contributed by atoms with Gasteiger partial charge < -0.3 is 15.4 Å². The second-order valence-electron chi connectivity index (χ2n) is 9.03. The maximum absolute atomic E-state index is 12.9. The molecule has 35 heavy (non-hydrogen) atoms. The third kappa shape index (κ3) is 5.59. The van der Waals surface area contributed by atoms with E-state index in [0.717, 1.165) is 11.3 Å². The zero-order chi connectivity index (χ0) is 24.9. The molecule has 10 heteroatoms. The first-order chi connectivity index (χ1) is 16.9. The van der Waals surface area contributed by atoms with Crippen LogP contribution in [-0.4, -0.2) is 57.0 Å². The van der Waals surface area contributed by atoms with Crippen molar-refractivity contribution in [2.75, 3.05) is 13.7 Å². The second-order valence-corrected chi connectivity index (χ2v) is 9.03. The zero-order valence-corrected chi connectivity index (χ0v) is 20.1. The number of hydrogen-bond donors (Lipinski definition) is 2. The van der Waals surface area contributed by atoms with Gasteiger partial charge in [-0.3, -0.25) is 18.9 Å². The molecule has 2 aromatic heterocycles. The van der Waals surface area contributed by atoms with Crippen LogP contribution in [0.4, 0.5) is 4.79 Å². The van der Waals surface area contributed by atoms with Gasteiger partial charge in [-0.25, -0.2) is 4.79 Å². The van der Waals surface area contributed by atoms with Crippen LogP contribution in [0.1, 0.15) is 44.1 Å². The van der Waals surface area contributed by atoms with Crippen molar-refractivity contribution in [3.8, 4) is 5.75 Å². The van der Waals surface area contributed by atoms with E-state index in [1.54, 1.807) is 7.11 Å². The Hall–Kier alpha value is -3.95. The number of carbonyl (C=O) groups excluding carboxylic acids is 3. The molecule has 0 spiro atoms. The van der Waals surface area contributed by atoms with Crippen molar-refractivity contribution in [3.05, 3.63) is 60.0 Å². The molecule has 3 aromatic rings. The number of carbonyl (C=O) groups is 3. The standard InChI is InChI=1S/C25H30N6O4/c1-16(2)14-19(23-29-28-21-6-4-5-12-30(21)23)26-22(32)15-20-24(33)31(25(34)27-20)13-11-17-7-9-18(35-3)10-8-17/h4-10,12,16,19-20H,11,13-15H2,1-3H3,(H,26,32)(H,27,34)/t19-,20?/m0/s1. The van der Waals surface area contributed by atoms with Crippen molar-refractivity contribution in [1.29, 1.82) is 0 Å². The van der Waals surface area contributed by atoms with Crippen molar-refractivity contribution in [1.82, 2.24) is 30.1 Å². The van der Waals surface area contributed by atoms with Gasteiger partial charge in [-0.1, -0.05) is 32.0 Å². The molecule has 1 fully saturated rings. The minimum atomic E-state index is -0.895. The fourth-order valence-corrected chi connectivity index (χ4v) is 4.20. The van der Waals surface area contributed by atoms with Gasteiger partial charge in [0.25, 0.3) is 5.91 Å². The van der Waals surface area contributed by atoms with Crippen LogP contribution in [0.25, 0.3) is 5.65 Å². The molecule has 2 N–H and O–H groups in total. The third-order valence-corrected chi connectivity index (χ3v) is 5.97. The van der Waals surface area contributed by atoms with Gasteiger partial charge in [-0.05, 0) is 48.6 Å². The first-order valence-electron chi connectivity index (χ1n) is 11.7. The molecule has 1 aliphatic heterocycles. The molecule has 0 bridgehead atoms. The smallest absolute Gasteiger partial charge is 0.324 e. The predicted molar refractivity (Wildman–Crippen MR) is 129 cm³/mol. The number of rotatable bonds is 10. The maximum Gasteiger partial charge on any atom is 0.324 e. The molecule has 0 saturated carbocycles. The molecule has 4 rings (SSSR count). The normalized spacial score (nSPS) is 16.6. The number of amides is 4. The molecule has 184 valence electrons. The molecule has 3 heterocycles. The third-order valence-electron chi connectivity index (χ3n) is 5.97. The van der Waals surface area contributed by atoms with Gasteiger partial charge in [0.05, 0.1) is 19.6 Å². The van der Waals surface area contributed by atoms with Crippen LogP contribution in [0.15, 0.2) is 48.7 Å². The summed E-state index contributed by atoms with van der Waals surface area (Å²) in [5, 5.41) is 14.1. The summed E-state index contributed by atoms with van der Waals surface area (Å²) in [5.74, 6) is 0.930. The Morgan fingerprint density at radius 2 is 1.91 bits per heavy atom. The molecule has 1 aromatic carbocycles. The molecule has 1 unspecified atom stereocenters. The van der Waals surface area contributed by atoms with Crippen LogP contribution in [0.3, 0.4) is 0 Å². The van der Waals surface area contributed by atoms with Crippen molar-refractivity contribution in [2.45, 2.75) is 45.2 Å². The van der Waals surface area contributed by atoms with E-state index < -0.39 is 18.0 Å². The summed E-state index contributed by atoms with van der Waals surface area (Å²) in [6.45, 7) is 4.35. The summed E-state index contributed by atoms with van der Waals surface area (Å²) in [6.07, 6.45) is 2.87. The summed E-state index contributed by atoms with van der Waals surface area (Å²) < 4.78 is 6.99. The number of fused-ring (bicyclic) bond motifs is 1. The summed E-state index contributed by atoms with van der Waals surface area (Å²) in [4.78, 5) is 39.4. The van der Waals surface area contributed by atoms with E-state index in [4.69, 9.17) is 4.74 Å². The van der Waals surface area contributed by atoms with Crippen molar-refractivity contribution in [3.63, 3.8) is 0 Å². The monoisotopic (exact) mass is 478 g/mol. The van der Waals surface area contributed by atoms with E-state index in [-0.39, 0.29) is 30.8 Å². The quantitative estimate of drug-likeness (QED) is 0.432. The molecular formula is C25H30N6O4. The Bertz CT molecular complexity index is 1210. The molecular weight excluding hydrogens is 448 g/mol. The summed E-state index contributed by atoms with van der Waals surface area (Å²) >= 11 is 0. The van der Waals surface area contributed by atoms with Gasteiger partial charge in [-0.15, -0.1) is 10.2 Å². The number of pyridine rings is 1. The summed E-state index contributed by atoms with van der Waals surface area (Å²) in [5.41, 5.74) is 1.67. The Kier molecular flexibility index (Phi) is 7.28. The Morgan fingerprint density at radius 3 is 2.63 bits per heavy atom. The summed E-state index contributed by atoms with van der Waals surface area (Å²) in [7, 11) is 1.60. The van der Waals surface area contributed by atoms with Crippen LogP contribution in [0.5, 0.6) is 5.75 Å².